The third kappa shape index (κ3) is 7.26. The van der Waals surface area contributed by atoms with Gasteiger partial charge < -0.3 is 19.9 Å². The van der Waals surface area contributed by atoms with Crippen LogP contribution >= 0.6 is 11.8 Å². The summed E-state index contributed by atoms with van der Waals surface area (Å²) in [6.07, 6.45) is 2.03. The summed E-state index contributed by atoms with van der Waals surface area (Å²) in [6.45, 7) is 3.51. The Kier molecular flexibility index (Phi) is 8.22. The molecule has 0 saturated carbocycles. The van der Waals surface area contributed by atoms with Gasteiger partial charge in [0, 0.05) is 19.7 Å². The molecule has 1 aliphatic rings. The van der Waals surface area contributed by atoms with Crippen molar-refractivity contribution in [2.45, 2.75) is 38.0 Å². The number of thioether (sulfide) groups is 1. The zero-order valence-corrected chi connectivity index (χ0v) is 11.7. The van der Waals surface area contributed by atoms with Crippen molar-refractivity contribution in [3.63, 3.8) is 0 Å². The van der Waals surface area contributed by atoms with Gasteiger partial charge in [-0.3, -0.25) is 0 Å². The number of rotatable bonds is 8. The summed E-state index contributed by atoms with van der Waals surface area (Å²) in [4.78, 5) is 0. The van der Waals surface area contributed by atoms with E-state index in [4.69, 9.17) is 9.47 Å². The van der Waals surface area contributed by atoms with Gasteiger partial charge in [0.1, 0.15) is 0 Å². The van der Waals surface area contributed by atoms with Crippen molar-refractivity contribution >= 4 is 11.8 Å². The Balaban J connectivity index is 2.01. The Hall–Kier alpha value is 0.190. The van der Waals surface area contributed by atoms with Gasteiger partial charge in [0.25, 0.3) is 0 Å². The zero-order valence-electron chi connectivity index (χ0n) is 10.9. The lowest BCUT2D eigenvalue weighted by Gasteiger charge is -2.24. The van der Waals surface area contributed by atoms with Gasteiger partial charge in [-0.15, -0.1) is 0 Å². The van der Waals surface area contributed by atoms with E-state index < -0.39 is 6.10 Å². The highest BCUT2D eigenvalue weighted by atomic mass is 32.2. The molecule has 1 fully saturated rings. The first-order valence-corrected chi connectivity index (χ1v) is 7.47. The van der Waals surface area contributed by atoms with E-state index in [1.54, 1.807) is 7.11 Å². The van der Waals surface area contributed by atoms with Gasteiger partial charge in [0.15, 0.2) is 0 Å². The van der Waals surface area contributed by atoms with Crippen LogP contribution in [0.3, 0.4) is 0 Å². The molecule has 0 radical (unpaired) electrons. The summed E-state index contributed by atoms with van der Waals surface area (Å²) in [6, 6.07) is 0.572. The van der Waals surface area contributed by atoms with Crippen molar-refractivity contribution in [2.24, 2.45) is 0 Å². The summed E-state index contributed by atoms with van der Waals surface area (Å²) in [5.41, 5.74) is 0. The van der Waals surface area contributed by atoms with E-state index in [2.05, 4.69) is 5.32 Å². The number of ether oxygens (including phenoxy) is 2. The molecule has 0 amide bonds. The van der Waals surface area contributed by atoms with Gasteiger partial charge in [-0.2, -0.15) is 11.8 Å². The minimum absolute atomic E-state index is 0.0423. The predicted molar refractivity (Wildman–Crippen MR) is 71.6 cm³/mol. The zero-order chi connectivity index (χ0) is 12.5. The molecule has 4 nitrogen and oxygen atoms in total. The van der Waals surface area contributed by atoms with E-state index in [1.807, 2.05) is 18.7 Å². The maximum absolute atomic E-state index is 9.76. The Morgan fingerprint density at radius 1 is 1.35 bits per heavy atom. The van der Waals surface area contributed by atoms with Crippen molar-refractivity contribution in [1.29, 1.82) is 0 Å². The van der Waals surface area contributed by atoms with E-state index in [-0.39, 0.29) is 6.10 Å². The van der Waals surface area contributed by atoms with Crippen LogP contribution in [0.2, 0.25) is 0 Å². The number of methoxy groups -OCH3 is 1. The van der Waals surface area contributed by atoms with E-state index in [9.17, 15) is 5.11 Å². The smallest absolute Gasteiger partial charge is 0.0897 e. The van der Waals surface area contributed by atoms with Gasteiger partial charge in [-0.25, -0.2) is 0 Å². The average molecular weight is 263 g/mol. The van der Waals surface area contributed by atoms with E-state index >= 15 is 0 Å². The summed E-state index contributed by atoms with van der Waals surface area (Å²) < 4.78 is 10.4. The largest absolute Gasteiger partial charge is 0.389 e. The number of nitrogens with one attached hydrogen (secondary N) is 1. The summed E-state index contributed by atoms with van der Waals surface area (Å²) in [5.74, 6) is 2.46. The topological polar surface area (TPSA) is 50.7 Å². The number of hydrogen-bond donors (Lipinski definition) is 2. The number of aliphatic hydroxyl groups is 1. The minimum atomic E-state index is -0.427. The van der Waals surface area contributed by atoms with Crippen molar-refractivity contribution in [2.75, 3.05) is 38.4 Å². The van der Waals surface area contributed by atoms with Gasteiger partial charge in [-0.05, 0) is 31.3 Å². The SMILES string of the molecule is COCC(C)OCC(O)CNC1CCSCC1. The second-order valence-corrected chi connectivity index (χ2v) is 5.77. The first kappa shape index (κ1) is 15.2. The monoisotopic (exact) mass is 263 g/mol. The van der Waals surface area contributed by atoms with Gasteiger partial charge >= 0.3 is 0 Å². The van der Waals surface area contributed by atoms with Gasteiger partial charge in [-0.1, -0.05) is 0 Å². The molecule has 0 aromatic heterocycles. The van der Waals surface area contributed by atoms with Crippen LogP contribution in [0.4, 0.5) is 0 Å². The maximum atomic E-state index is 9.76. The molecule has 1 aliphatic heterocycles. The lowest BCUT2D eigenvalue weighted by atomic mass is 10.1. The lowest BCUT2D eigenvalue weighted by molar-refractivity contribution is -0.0316. The highest BCUT2D eigenvalue weighted by Gasteiger charge is 2.15. The van der Waals surface area contributed by atoms with Gasteiger partial charge in [0.05, 0.1) is 25.4 Å². The van der Waals surface area contributed by atoms with Crippen molar-refractivity contribution in [3.05, 3.63) is 0 Å². The molecule has 1 heterocycles. The average Bonchev–Trinajstić information content (AvgIpc) is 2.35. The molecule has 5 heteroatoms. The van der Waals surface area contributed by atoms with Crippen molar-refractivity contribution in [1.82, 2.24) is 5.32 Å². The fourth-order valence-corrected chi connectivity index (χ4v) is 2.93. The summed E-state index contributed by atoms with van der Waals surface area (Å²) in [7, 11) is 1.65. The standard InChI is InChI=1S/C12H25NO3S/c1-10(8-15-2)16-9-12(14)7-13-11-3-5-17-6-4-11/h10-14H,3-9H2,1-2H3. The second kappa shape index (κ2) is 9.16. The van der Waals surface area contributed by atoms with Crippen LogP contribution in [-0.2, 0) is 9.47 Å². The molecule has 102 valence electrons. The van der Waals surface area contributed by atoms with Crippen LogP contribution in [0, 0.1) is 0 Å². The molecule has 17 heavy (non-hydrogen) atoms. The fourth-order valence-electron chi connectivity index (χ4n) is 1.82. The first-order valence-electron chi connectivity index (χ1n) is 6.32. The first-order chi connectivity index (χ1) is 8.22. The molecule has 0 bridgehead atoms. The van der Waals surface area contributed by atoms with Crippen LogP contribution in [0.1, 0.15) is 19.8 Å². The van der Waals surface area contributed by atoms with Gasteiger partial charge in [0.2, 0.25) is 0 Å². The Labute approximate surface area is 108 Å². The third-order valence-corrected chi connectivity index (χ3v) is 3.89. The Bertz CT molecular complexity index is 189. The molecule has 2 unspecified atom stereocenters. The lowest BCUT2D eigenvalue weighted by Crippen LogP contribution is -2.39. The summed E-state index contributed by atoms with van der Waals surface area (Å²) in [5, 5.41) is 13.2. The van der Waals surface area contributed by atoms with E-state index in [0.29, 0.717) is 25.8 Å². The van der Waals surface area contributed by atoms with Crippen LogP contribution < -0.4 is 5.32 Å². The second-order valence-electron chi connectivity index (χ2n) is 4.55. The van der Waals surface area contributed by atoms with E-state index in [0.717, 1.165) is 0 Å². The van der Waals surface area contributed by atoms with Crippen LogP contribution in [0.5, 0.6) is 0 Å². The van der Waals surface area contributed by atoms with Crippen molar-refractivity contribution < 1.29 is 14.6 Å². The van der Waals surface area contributed by atoms with Crippen molar-refractivity contribution in [3.8, 4) is 0 Å². The number of hydrogen-bond acceptors (Lipinski definition) is 5. The minimum Gasteiger partial charge on any atom is -0.389 e. The van der Waals surface area contributed by atoms with Crippen LogP contribution in [0.25, 0.3) is 0 Å². The maximum Gasteiger partial charge on any atom is 0.0897 e. The normalized spacial score (nSPS) is 21.4. The molecule has 1 saturated heterocycles. The highest BCUT2D eigenvalue weighted by Crippen LogP contribution is 2.16. The van der Waals surface area contributed by atoms with Crippen LogP contribution in [-0.4, -0.2) is 61.7 Å². The summed E-state index contributed by atoms with van der Waals surface area (Å²) >= 11 is 2.01. The molecule has 0 aliphatic carbocycles. The molecule has 0 aromatic rings. The fraction of sp³-hybridized carbons (Fsp3) is 1.00. The van der Waals surface area contributed by atoms with Crippen LogP contribution in [0.15, 0.2) is 0 Å². The highest BCUT2D eigenvalue weighted by molar-refractivity contribution is 7.99. The molecular weight excluding hydrogens is 238 g/mol. The molecule has 2 atom stereocenters. The third-order valence-electron chi connectivity index (χ3n) is 2.84. The van der Waals surface area contributed by atoms with E-state index in [1.165, 1.54) is 24.3 Å². The number of aliphatic hydroxyl groups excluding tert-OH is 1. The Morgan fingerprint density at radius 3 is 2.71 bits per heavy atom. The molecule has 0 spiro atoms. The Morgan fingerprint density at radius 2 is 2.06 bits per heavy atom. The predicted octanol–water partition coefficient (Wildman–Crippen LogP) is 0.884. The molecule has 1 rings (SSSR count). The molecule has 2 N–H and O–H groups in total. The molecule has 0 aromatic carbocycles. The quantitative estimate of drug-likeness (QED) is 0.681. The molecular formula is C12H25NO3S.